The van der Waals surface area contributed by atoms with Gasteiger partial charge in [0.25, 0.3) is 5.91 Å². The van der Waals surface area contributed by atoms with Gasteiger partial charge in [0, 0.05) is 24.2 Å². The van der Waals surface area contributed by atoms with Gasteiger partial charge in [-0.25, -0.2) is 4.98 Å². The number of halogens is 3. The molecule has 4 rings (SSSR count). The van der Waals surface area contributed by atoms with Gasteiger partial charge in [-0.15, -0.1) is 16.9 Å². The molecule has 35 heavy (non-hydrogen) atoms. The zero-order valence-electron chi connectivity index (χ0n) is 18.2. The van der Waals surface area contributed by atoms with E-state index >= 15 is 0 Å². The first-order valence-electron chi connectivity index (χ1n) is 10.5. The first-order valence-corrected chi connectivity index (χ1v) is 11.5. The monoisotopic (exact) mass is 499 g/mol. The highest BCUT2D eigenvalue weighted by atomic mass is 32.2. The topological polar surface area (TPSA) is 97.6 Å². The Morgan fingerprint density at radius 2 is 1.74 bits per heavy atom. The van der Waals surface area contributed by atoms with Crippen LogP contribution in [0.25, 0.3) is 5.69 Å². The van der Waals surface area contributed by atoms with E-state index in [9.17, 15) is 18.0 Å². The van der Waals surface area contributed by atoms with Crippen molar-refractivity contribution in [3.8, 4) is 5.69 Å². The number of pyridine rings is 1. The van der Waals surface area contributed by atoms with Crippen LogP contribution in [-0.4, -0.2) is 44.2 Å². The number of alkyl halides is 3. The van der Waals surface area contributed by atoms with Gasteiger partial charge in [-0.05, 0) is 46.8 Å². The molecule has 2 aromatic carbocycles. The molecule has 2 heterocycles. The van der Waals surface area contributed by atoms with Crippen LogP contribution in [0, 0.1) is 0 Å². The summed E-state index contributed by atoms with van der Waals surface area (Å²) >= 11 is 1.41. The van der Waals surface area contributed by atoms with Crippen LogP contribution in [0.5, 0.6) is 0 Å². The van der Waals surface area contributed by atoms with E-state index in [-0.39, 0.29) is 24.8 Å². The molecule has 0 bridgehead atoms. The van der Waals surface area contributed by atoms with Gasteiger partial charge in [-0.2, -0.15) is 17.9 Å². The normalized spacial score (nSPS) is 11.3. The highest BCUT2D eigenvalue weighted by Gasteiger charge is 2.33. The van der Waals surface area contributed by atoms with E-state index in [1.807, 2.05) is 42.5 Å². The maximum Gasteiger partial charge on any atom is 0.419 e. The summed E-state index contributed by atoms with van der Waals surface area (Å²) in [5.41, 5.74) is 0.421. The smallest absolute Gasteiger partial charge is 0.368 e. The number of tetrazole rings is 1. The standard InChI is InChI=1S/C23H20F3N7OS/c24-23(25,26)18-10-6-12-27-21(18)28-13-14-29-22(34)17-9-4-5-11-19(17)35-15-20-30-31-32-33(20)16-7-2-1-3-8-16/h1-12H,13-15H2,(H,27,28)(H,29,34). The number of para-hydroxylation sites is 1. The van der Waals surface area contributed by atoms with Crippen LogP contribution in [0.15, 0.2) is 77.8 Å². The Morgan fingerprint density at radius 3 is 2.54 bits per heavy atom. The molecule has 0 saturated heterocycles. The maximum absolute atomic E-state index is 13.1. The van der Waals surface area contributed by atoms with E-state index in [1.165, 1.54) is 24.0 Å². The lowest BCUT2D eigenvalue weighted by Crippen LogP contribution is -2.29. The van der Waals surface area contributed by atoms with Crippen molar-refractivity contribution in [1.29, 1.82) is 0 Å². The molecule has 1 amide bonds. The SMILES string of the molecule is O=C(NCCNc1ncccc1C(F)(F)F)c1ccccc1SCc1nnnn1-c1ccccc1. The van der Waals surface area contributed by atoms with Gasteiger partial charge in [0.05, 0.1) is 22.6 Å². The second-order valence-electron chi connectivity index (χ2n) is 7.21. The molecular formula is C23H20F3N7OS. The average molecular weight is 500 g/mol. The fraction of sp³-hybridized carbons (Fsp3) is 0.174. The second kappa shape index (κ2) is 11.0. The molecule has 0 saturated carbocycles. The molecule has 0 aliphatic carbocycles. The number of thioether (sulfide) groups is 1. The summed E-state index contributed by atoms with van der Waals surface area (Å²) in [6, 6.07) is 18.7. The minimum absolute atomic E-state index is 0.0764. The van der Waals surface area contributed by atoms with Crippen LogP contribution in [0.1, 0.15) is 21.7 Å². The Balaban J connectivity index is 1.35. The van der Waals surface area contributed by atoms with Gasteiger partial charge < -0.3 is 10.6 Å². The first-order chi connectivity index (χ1) is 16.9. The highest BCUT2D eigenvalue weighted by molar-refractivity contribution is 7.98. The molecule has 0 fully saturated rings. The molecule has 0 aliphatic heterocycles. The zero-order chi connectivity index (χ0) is 24.7. The van der Waals surface area contributed by atoms with Gasteiger partial charge in [0.15, 0.2) is 5.82 Å². The van der Waals surface area contributed by atoms with Crippen LogP contribution in [0.4, 0.5) is 19.0 Å². The average Bonchev–Trinajstić information content (AvgIpc) is 3.34. The van der Waals surface area contributed by atoms with Crippen LogP contribution < -0.4 is 10.6 Å². The molecule has 4 aromatic rings. The van der Waals surface area contributed by atoms with Gasteiger partial charge in [-0.3, -0.25) is 4.79 Å². The minimum Gasteiger partial charge on any atom is -0.368 e. The molecule has 0 unspecified atom stereocenters. The lowest BCUT2D eigenvalue weighted by Gasteiger charge is -2.14. The van der Waals surface area contributed by atoms with E-state index in [0.717, 1.165) is 16.6 Å². The number of hydrogen-bond donors (Lipinski definition) is 2. The minimum atomic E-state index is -4.52. The fourth-order valence-corrected chi connectivity index (χ4v) is 4.17. The Morgan fingerprint density at radius 1 is 0.971 bits per heavy atom. The summed E-state index contributed by atoms with van der Waals surface area (Å²) in [5.74, 6) is 0.431. The number of carbonyl (C=O) groups is 1. The molecule has 180 valence electrons. The summed E-state index contributed by atoms with van der Waals surface area (Å²) < 4.78 is 40.9. The largest absolute Gasteiger partial charge is 0.419 e. The Kier molecular flexibility index (Phi) is 7.60. The molecule has 0 radical (unpaired) electrons. The lowest BCUT2D eigenvalue weighted by molar-refractivity contribution is -0.137. The molecule has 0 aliphatic rings. The van der Waals surface area contributed by atoms with Crippen molar-refractivity contribution in [2.45, 2.75) is 16.8 Å². The van der Waals surface area contributed by atoms with Crippen molar-refractivity contribution in [3.05, 3.63) is 89.9 Å². The highest BCUT2D eigenvalue weighted by Crippen LogP contribution is 2.33. The van der Waals surface area contributed by atoms with Crippen molar-refractivity contribution in [2.75, 3.05) is 18.4 Å². The second-order valence-corrected chi connectivity index (χ2v) is 8.22. The predicted octanol–water partition coefficient (Wildman–Crippen LogP) is 4.21. The molecule has 12 heteroatoms. The number of anilines is 1. The Labute approximate surface area is 203 Å². The molecule has 2 aromatic heterocycles. The van der Waals surface area contributed by atoms with Crippen molar-refractivity contribution < 1.29 is 18.0 Å². The number of benzene rings is 2. The van der Waals surface area contributed by atoms with Crippen LogP contribution in [-0.2, 0) is 11.9 Å². The summed E-state index contributed by atoms with van der Waals surface area (Å²) in [7, 11) is 0. The summed E-state index contributed by atoms with van der Waals surface area (Å²) in [5, 5.41) is 17.2. The number of amides is 1. The van der Waals surface area contributed by atoms with Gasteiger partial charge in [0.1, 0.15) is 5.82 Å². The number of carbonyl (C=O) groups excluding carboxylic acids is 1. The van der Waals surface area contributed by atoms with Gasteiger partial charge in [0.2, 0.25) is 0 Å². The first kappa shape index (κ1) is 24.2. The van der Waals surface area contributed by atoms with Crippen LogP contribution in [0.3, 0.4) is 0 Å². The summed E-state index contributed by atoms with van der Waals surface area (Å²) in [6.45, 7) is 0.185. The zero-order valence-corrected chi connectivity index (χ0v) is 19.1. The number of nitrogens with zero attached hydrogens (tertiary/aromatic N) is 5. The molecule has 0 spiro atoms. The van der Waals surface area contributed by atoms with E-state index in [1.54, 1.807) is 16.8 Å². The Hall–Kier alpha value is -3.93. The third kappa shape index (κ3) is 6.15. The van der Waals surface area contributed by atoms with Crippen LogP contribution >= 0.6 is 11.8 Å². The van der Waals surface area contributed by atoms with E-state index in [2.05, 4.69) is 31.1 Å². The van der Waals surface area contributed by atoms with E-state index < -0.39 is 11.7 Å². The van der Waals surface area contributed by atoms with E-state index in [4.69, 9.17) is 0 Å². The molecule has 2 N–H and O–H groups in total. The Bertz CT molecular complexity index is 1280. The summed E-state index contributed by atoms with van der Waals surface area (Å²) in [4.78, 5) is 17.2. The molecule has 8 nitrogen and oxygen atoms in total. The third-order valence-electron chi connectivity index (χ3n) is 4.84. The van der Waals surface area contributed by atoms with Gasteiger partial charge >= 0.3 is 6.18 Å². The third-order valence-corrected chi connectivity index (χ3v) is 5.91. The molecular weight excluding hydrogens is 479 g/mol. The number of aromatic nitrogens is 5. The number of hydrogen-bond acceptors (Lipinski definition) is 7. The van der Waals surface area contributed by atoms with Crippen LogP contribution in [0.2, 0.25) is 0 Å². The lowest BCUT2D eigenvalue weighted by atomic mass is 10.2. The van der Waals surface area contributed by atoms with Crippen molar-refractivity contribution in [1.82, 2.24) is 30.5 Å². The maximum atomic E-state index is 13.1. The van der Waals surface area contributed by atoms with Gasteiger partial charge in [-0.1, -0.05) is 30.3 Å². The van der Waals surface area contributed by atoms with Crippen molar-refractivity contribution >= 4 is 23.5 Å². The number of rotatable bonds is 9. The summed E-state index contributed by atoms with van der Waals surface area (Å²) in [6.07, 6.45) is -3.24. The van der Waals surface area contributed by atoms with E-state index in [0.29, 0.717) is 17.1 Å². The quantitative estimate of drug-likeness (QED) is 0.263. The fourth-order valence-electron chi connectivity index (χ4n) is 3.21. The van der Waals surface area contributed by atoms with Crippen molar-refractivity contribution in [3.63, 3.8) is 0 Å². The van der Waals surface area contributed by atoms with Crippen molar-refractivity contribution in [2.24, 2.45) is 0 Å². The molecule has 0 atom stereocenters. The number of nitrogens with one attached hydrogen (secondary N) is 2. The predicted molar refractivity (Wildman–Crippen MR) is 125 cm³/mol.